The Balaban J connectivity index is 3.28. The third-order valence-corrected chi connectivity index (χ3v) is 5.17. The lowest BCUT2D eigenvalue weighted by atomic mass is 10.1. The molecule has 9 nitrogen and oxygen atoms in total. The predicted octanol–water partition coefficient (Wildman–Crippen LogP) is 0.890. The van der Waals surface area contributed by atoms with E-state index in [9.17, 15) is 31.5 Å². The standard InChI is InChI=1S/C10H13NO8S2/c1-2-19-20(14,15)7-10(21(16,17)18)8-4-3-5-9(6-8)11(12)13/h3-6,10H,2,7H2,1H3,(H,16,17,18). The maximum Gasteiger partial charge on any atom is 0.273 e. The number of nitro groups is 1. The van der Waals surface area contributed by atoms with Crippen molar-refractivity contribution in [1.29, 1.82) is 0 Å². The van der Waals surface area contributed by atoms with Gasteiger partial charge in [0.1, 0.15) is 5.25 Å². The van der Waals surface area contributed by atoms with E-state index in [1.807, 2.05) is 0 Å². The molecule has 0 aliphatic heterocycles. The summed E-state index contributed by atoms with van der Waals surface area (Å²) in [5.41, 5.74) is -0.634. The van der Waals surface area contributed by atoms with E-state index in [0.29, 0.717) is 0 Å². The highest BCUT2D eigenvalue weighted by Crippen LogP contribution is 2.27. The molecule has 1 unspecified atom stereocenters. The van der Waals surface area contributed by atoms with E-state index in [1.165, 1.54) is 19.1 Å². The van der Waals surface area contributed by atoms with E-state index in [1.54, 1.807) is 0 Å². The van der Waals surface area contributed by atoms with Crippen LogP contribution in [0, 0.1) is 10.1 Å². The first-order chi connectivity index (χ1) is 9.57. The molecule has 0 amide bonds. The zero-order valence-electron chi connectivity index (χ0n) is 10.9. The summed E-state index contributed by atoms with van der Waals surface area (Å²) in [7, 11) is -9.00. The van der Waals surface area contributed by atoms with E-state index >= 15 is 0 Å². The Labute approximate surface area is 121 Å². The van der Waals surface area contributed by atoms with Crippen molar-refractivity contribution in [3.05, 3.63) is 39.9 Å². The average Bonchev–Trinajstić information content (AvgIpc) is 2.35. The molecule has 0 bridgehead atoms. The Morgan fingerprint density at radius 2 is 1.95 bits per heavy atom. The van der Waals surface area contributed by atoms with E-state index in [2.05, 4.69) is 4.18 Å². The molecule has 0 aliphatic rings. The highest BCUT2D eigenvalue weighted by molar-refractivity contribution is 7.90. The summed E-state index contributed by atoms with van der Waals surface area (Å²) in [6.07, 6.45) is 0. The zero-order chi connectivity index (χ0) is 16.3. The lowest BCUT2D eigenvalue weighted by molar-refractivity contribution is -0.384. The van der Waals surface area contributed by atoms with Crippen molar-refractivity contribution >= 4 is 25.9 Å². The summed E-state index contributed by atoms with van der Waals surface area (Å²) >= 11 is 0. The smallest absolute Gasteiger partial charge is 0.273 e. The summed E-state index contributed by atoms with van der Waals surface area (Å²) in [5, 5.41) is 8.80. The monoisotopic (exact) mass is 339 g/mol. The number of non-ortho nitro benzene ring substituents is 1. The molecule has 0 saturated heterocycles. The van der Waals surface area contributed by atoms with Gasteiger partial charge in [-0.3, -0.25) is 18.9 Å². The number of rotatable bonds is 7. The highest BCUT2D eigenvalue weighted by Gasteiger charge is 2.32. The molecular formula is C10H13NO8S2. The van der Waals surface area contributed by atoms with Crippen molar-refractivity contribution in [2.45, 2.75) is 12.2 Å². The van der Waals surface area contributed by atoms with E-state index in [-0.39, 0.29) is 12.2 Å². The number of hydrogen-bond acceptors (Lipinski definition) is 7. The van der Waals surface area contributed by atoms with Crippen LogP contribution in [0.1, 0.15) is 17.7 Å². The minimum Gasteiger partial charge on any atom is -0.285 e. The van der Waals surface area contributed by atoms with Gasteiger partial charge < -0.3 is 0 Å². The van der Waals surface area contributed by atoms with Gasteiger partial charge >= 0.3 is 0 Å². The molecular weight excluding hydrogens is 326 g/mol. The fraction of sp³-hybridized carbons (Fsp3) is 0.400. The van der Waals surface area contributed by atoms with E-state index in [0.717, 1.165) is 12.1 Å². The largest absolute Gasteiger partial charge is 0.285 e. The molecule has 0 fully saturated rings. The van der Waals surface area contributed by atoms with Gasteiger partial charge in [0.05, 0.1) is 17.3 Å². The summed E-state index contributed by atoms with van der Waals surface area (Å²) in [4.78, 5) is 9.90. The van der Waals surface area contributed by atoms with Crippen LogP contribution >= 0.6 is 0 Å². The average molecular weight is 339 g/mol. The van der Waals surface area contributed by atoms with Crippen LogP contribution in [0.5, 0.6) is 0 Å². The normalized spacial score (nSPS) is 13.8. The molecule has 11 heteroatoms. The molecule has 0 spiro atoms. The maximum atomic E-state index is 11.5. The summed E-state index contributed by atoms with van der Waals surface area (Å²) < 4.78 is 59.4. The second kappa shape index (κ2) is 6.47. The summed E-state index contributed by atoms with van der Waals surface area (Å²) in [6.45, 7) is 1.20. The van der Waals surface area contributed by atoms with Crippen molar-refractivity contribution in [3.8, 4) is 0 Å². The lowest BCUT2D eigenvalue weighted by Crippen LogP contribution is -2.23. The van der Waals surface area contributed by atoms with Crippen LogP contribution in [-0.2, 0) is 24.4 Å². The Morgan fingerprint density at radius 1 is 1.33 bits per heavy atom. The van der Waals surface area contributed by atoms with Gasteiger partial charge in [-0.1, -0.05) is 12.1 Å². The third-order valence-electron chi connectivity index (χ3n) is 2.47. The van der Waals surface area contributed by atoms with Crippen molar-refractivity contribution in [3.63, 3.8) is 0 Å². The summed E-state index contributed by atoms with van der Waals surface area (Å²) in [6, 6.07) is 4.37. The van der Waals surface area contributed by atoms with Crippen LogP contribution in [0.4, 0.5) is 5.69 Å². The molecule has 0 saturated carbocycles. The number of benzene rings is 1. The van der Waals surface area contributed by atoms with Crippen LogP contribution in [0.3, 0.4) is 0 Å². The van der Waals surface area contributed by atoms with Gasteiger partial charge in [-0.2, -0.15) is 16.8 Å². The number of nitrogens with zero attached hydrogens (tertiary/aromatic N) is 1. The van der Waals surface area contributed by atoms with Gasteiger partial charge in [-0.05, 0) is 12.5 Å². The van der Waals surface area contributed by atoms with Crippen LogP contribution in [0.15, 0.2) is 24.3 Å². The molecule has 0 aliphatic carbocycles. The number of hydrogen-bond donors (Lipinski definition) is 1. The van der Waals surface area contributed by atoms with Gasteiger partial charge in [-0.25, -0.2) is 0 Å². The predicted molar refractivity (Wildman–Crippen MR) is 72.8 cm³/mol. The van der Waals surface area contributed by atoms with Crippen molar-refractivity contribution in [2.75, 3.05) is 12.4 Å². The van der Waals surface area contributed by atoms with Crippen molar-refractivity contribution in [2.24, 2.45) is 0 Å². The van der Waals surface area contributed by atoms with Crippen LogP contribution in [-0.4, -0.2) is 38.7 Å². The molecule has 0 aromatic heterocycles. The minimum absolute atomic E-state index is 0.199. The van der Waals surface area contributed by atoms with Gasteiger partial charge in [0.25, 0.3) is 25.9 Å². The first kappa shape index (κ1) is 17.5. The molecule has 1 aromatic carbocycles. The fourth-order valence-electron chi connectivity index (χ4n) is 1.61. The molecule has 1 rings (SSSR count). The first-order valence-electron chi connectivity index (χ1n) is 5.64. The SMILES string of the molecule is CCOS(=O)(=O)CC(c1cccc([N+](=O)[O-])c1)S(=O)(=O)O. The first-order valence-corrected chi connectivity index (χ1v) is 8.72. The van der Waals surface area contributed by atoms with Gasteiger partial charge in [0, 0.05) is 12.1 Å². The van der Waals surface area contributed by atoms with Crippen molar-refractivity contribution in [1.82, 2.24) is 0 Å². The Hall–Kier alpha value is -1.56. The van der Waals surface area contributed by atoms with Gasteiger partial charge in [0.2, 0.25) is 0 Å². The van der Waals surface area contributed by atoms with E-state index in [4.69, 9.17) is 0 Å². The molecule has 1 aromatic rings. The van der Waals surface area contributed by atoms with E-state index < -0.39 is 41.8 Å². The van der Waals surface area contributed by atoms with Crippen molar-refractivity contribution < 1.29 is 30.5 Å². The summed E-state index contributed by atoms with van der Waals surface area (Å²) in [5.74, 6) is -1.04. The third kappa shape index (κ3) is 5.04. The zero-order valence-corrected chi connectivity index (χ0v) is 12.5. The molecule has 1 atom stereocenters. The maximum absolute atomic E-state index is 11.5. The molecule has 118 valence electrons. The molecule has 0 radical (unpaired) electrons. The minimum atomic E-state index is -4.79. The fourth-order valence-corrected chi connectivity index (χ4v) is 4.30. The topological polar surface area (TPSA) is 141 Å². The Bertz CT molecular complexity index is 725. The van der Waals surface area contributed by atoms with Crippen LogP contribution in [0.2, 0.25) is 0 Å². The lowest BCUT2D eigenvalue weighted by Gasteiger charge is -2.14. The second-order valence-corrected chi connectivity index (χ2v) is 7.27. The quantitative estimate of drug-likeness (QED) is 0.334. The molecule has 0 heterocycles. The Morgan fingerprint density at radius 3 is 2.43 bits per heavy atom. The second-order valence-electron chi connectivity index (χ2n) is 3.99. The molecule has 1 N–H and O–H groups in total. The van der Waals surface area contributed by atoms with Gasteiger partial charge in [0.15, 0.2) is 0 Å². The highest BCUT2D eigenvalue weighted by atomic mass is 32.2. The van der Waals surface area contributed by atoms with Gasteiger partial charge in [-0.15, -0.1) is 0 Å². The Kier molecular flexibility index (Phi) is 5.39. The van der Waals surface area contributed by atoms with Crippen LogP contribution in [0.25, 0.3) is 0 Å². The molecule has 21 heavy (non-hydrogen) atoms. The van der Waals surface area contributed by atoms with Crippen LogP contribution < -0.4 is 0 Å². The number of nitro benzene ring substituents is 1.